The van der Waals surface area contributed by atoms with Crippen LogP contribution >= 0.6 is 0 Å². The zero-order valence-corrected chi connectivity index (χ0v) is 12.4. The summed E-state index contributed by atoms with van der Waals surface area (Å²) in [7, 11) is 1.56. The molecule has 0 fully saturated rings. The number of carbonyl (C=O) groups is 1. The first-order chi connectivity index (χ1) is 9.92. The van der Waals surface area contributed by atoms with Crippen LogP contribution in [0.1, 0.15) is 12.5 Å². The fourth-order valence-corrected chi connectivity index (χ4v) is 1.74. The monoisotopic (exact) mass is 293 g/mol. The molecule has 8 nitrogen and oxygen atoms in total. The van der Waals surface area contributed by atoms with E-state index in [1.165, 1.54) is 0 Å². The van der Waals surface area contributed by atoms with E-state index in [0.717, 1.165) is 10.7 Å². The van der Waals surface area contributed by atoms with Crippen molar-refractivity contribution in [3.05, 3.63) is 29.8 Å². The standard InChI is InChI=1S/C13H23N7O/c1-3-17-13(21)20(9-12(15)18-19(2)16)8-10-4-6-11(14)7-5-10/h4-7H,3,8-9,14,16H2,1-2H3,(H2,15,18)(H,17,21). The van der Waals surface area contributed by atoms with Crippen LogP contribution in [0.15, 0.2) is 29.4 Å². The highest BCUT2D eigenvalue weighted by atomic mass is 16.2. The first-order valence-electron chi connectivity index (χ1n) is 6.61. The third kappa shape index (κ3) is 6.00. The van der Waals surface area contributed by atoms with Crippen LogP contribution in [-0.2, 0) is 6.54 Å². The van der Waals surface area contributed by atoms with Crippen molar-refractivity contribution in [1.29, 1.82) is 0 Å². The molecular weight excluding hydrogens is 270 g/mol. The van der Waals surface area contributed by atoms with E-state index in [2.05, 4.69) is 10.4 Å². The molecule has 0 radical (unpaired) electrons. The second-order valence-corrected chi connectivity index (χ2v) is 4.60. The molecule has 0 unspecified atom stereocenters. The van der Waals surface area contributed by atoms with Gasteiger partial charge in [-0.25, -0.2) is 15.8 Å². The van der Waals surface area contributed by atoms with Crippen molar-refractivity contribution < 1.29 is 4.79 Å². The van der Waals surface area contributed by atoms with Crippen molar-refractivity contribution in [2.45, 2.75) is 13.5 Å². The molecule has 0 saturated carbocycles. The van der Waals surface area contributed by atoms with Crippen molar-refractivity contribution in [3.8, 4) is 0 Å². The number of rotatable bonds is 6. The molecular formula is C13H23N7O. The van der Waals surface area contributed by atoms with Crippen LogP contribution in [0.5, 0.6) is 0 Å². The maximum Gasteiger partial charge on any atom is 0.318 e. The van der Waals surface area contributed by atoms with Gasteiger partial charge in [-0.3, -0.25) is 0 Å². The SMILES string of the molecule is CCNC(=O)N(C/C(N)=N/N(C)N)Cc1ccc(N)cc1. The predicted molar refractivity (Wildman–Crippen MR) is 83.9 cm³/mol. The zero-order valence-electron chi connectivity index (χ0n) is 12.4. The van der Waals surface area contributed by atoms with Gasteiger partial charge >= 0.3 is 6.03 Å². The van der Waals surface area contributed by atoms with E-state index in [4.69, 9.17) is 17.3 Å². The molecule has 1 aromatic carbocycles. The van der Waals surface area contributed by atoms with E-state index in [9.17, 15) is 4.79 Å². The molecule has 0 heterocycles. The fourth-order valence-electron chi connectivity index (χ4n) is 1.74. The summed E-state index contributed by atoms with van der Waals surface area (Å²) in [5, 5.41) is 7.73. The van der Waals surface area contributed by atoms with Crippen molar-refractivity contribution in [2.24, 2.45) is 16.7 Å². The molecule has 0 atom stereocenters. The molecule has 0 aliphatic heterocycles. The second kappa shape index (κ2) is 7.95. The molecule has 1 rings (SSSR count). The summed E-state index contributed by atoms with van der Waals surface area (Å²) in [4.78, 5) is 13.6. The molecule has 1 aromatic rings. The Balaban J connectivity index is 2.81. The van der Waals surface area contributed by atoms with Crippen LogP contribution in [0.4, 0.5) is 10.5 Å². The van der Waals surface area contributed by atoms with Crippen molar-refractivity contribution >= 4 is 17.6 Å². The maximum atomic E-state index is 12.1. The average Bonchev–Trinajstić information content (AvgIpc) is 2.40. The Morgan fingerprint density at radius 2 is 1.95 bits per heavy atom. The van der Waals surface area contributed by atoms with Crippen LogP contribution < -0.4 is 22.6 Å². The molecule has 0 saturated heterocycles. The van der Waals surface area contributed by atoms with Crippen LogP contribution in [0, 0.1) is 0 Å². The summed E-state index contributed by atoms with van der Waals surface area (Å²) in [5.41, 5.74) is 13.0. The number of nitrogens with zero attached hydrogens (tertiary/aromatic N) is 3. The van der Waals surface area contributed by atoms with Gasteiger partial charge in [-0.2, -0.15) is 0 Å². The third-order valence-corrected chi connectivity index (χ3v) is 2.61. The molecule has 0 aliphatic rings. The number of hydrogen-bond donors (Lipinski definition) is 4. The Morgan fingerprint density at radius 3 is 2.48 bits per heavy atom. The number of hydrazine groups is 1. The molecule has 21 heavy (non-hydrogen) atoms. The number of carbonyl (C=O) groups excluding carboxylic acids is 1. The molecule has 116 valence electrons. The number of benzene rings is 1. The summed E-state index contributed by atoms with van der Waals surface area (Å²) >= 11 is 0. The predicted octanol–water partition coefficient (Wildman–Crippen LogP) is -0.122. The molecule has 0 spiro atoms. The normalized spacial score (nSPS) is 11.1. The number of hydrogen-bond acceptors (Lipinski definition) is 5. The van der Waals surface area contributed by atoms with Gasteiger partial charge in [0, 0.05) is 25.8 Å². The Morgan fingerprint density at radius 1 is 1.33 bits per heavy atom. The van der Waals surface area contributed by atoms with E-state index in [1.807, 2.05) is 19.1 Å². The Bertz CT molecular complexity index is 484. The Labute approximate surface area is 124 Å². The van der Waals surface area contributed by atoms with Crippen LogP contribution in [0.25, 0.3) is 0 Å². The van der Waals surface area contributed by atoms with E-state index in [0.29, 0.717) is 18.8 Å². The van der Waals surface area contributed by atoms with Crippen LogP contribution in [-0.4, -0.2) is 42.0 Å². The number of anilines is 1. The van der Waals surface area contributed by atoms with Gasteiger partial charge in [-0.15, -0.1) is 5.10 Å². The number of nitrogen functional groups attached to an aromatic ring is 1. The van der Waals surface area contributed by atoms with Gasteiger partial charge in [-0.1, -0.05) is 12.1 Å². The minimum absolute atomic E-state index is 0.178. The first kappa shape index (κ1) is 16.6. The van der Waals surface area contributed by atoms with E-state index in [-0.39, 0.29) is 18.4 Å². The summed E-state index contributed by atoms with van der Waals surface area (Å²) in [6, 6.07) is 7.09. The molecule has 0 bridgehead atoms. The van der Waals surface area contributed by atoms with E-state index in [1.54, 1.807) is 24.1 Å². The highest BCUT2D eigenvalue weighted by Gasteiger charge is 2.15. The molecule has 7 N–H and O–H groups in total. The Hall–Kier alpha value is -2.48. The number of nitrogens with one attached hydrogen (secondary N) is 1. The molecule has 2 amide bonds. The summed E-state index contributed by atoms with van der Waals surface area (Å²) in [5.74, 6) is 5.66. The minimum atomic E-state index is -0.216. The first-order valence-corrected chi connectivity index (χ1v) is 6.61. The Kier molecular flexibility index (Phi) is 6.28. The lowest BCUT2D eigenvalue weighted by atomic mass is 10.2. The van der Waals surface area contributed by atoms with Crippen molar-refractivity contribution in [1.82, 2.24) is 15.3 Å². The third-order valence-electron chi connectivity index (χ3n) is 2.61. The largest absolute Gasteiger partial charge is 0.399 e. The van der Waals surface area contributed by atoms with Gasteiger partial charge in [0.05, 0.1) is 6.54 Å². The topological polar surface area (TPSA) is 126 Å². The number of amidine groups is 1. The summed E-state index contributed by atoms with van der Waals surface area (Å²) in [6.45, 7) is 2.96. The highest BCUT2D eigenvalue weighted by molar-refractivity contribution is 5.86. The highest BCUT2D eigenvalue weighted by Crippen LogP contribution is 2.08. The molecule has 0 aliphatic carbocycles. The van der Waals surface area contributed by atoms with Gasteiger partial charge in [0.1, 0.15) is 5.84 Å². The number of hydrazone groups is 1. The van der Waals surface area contributed by atoms with Gasteiger partial charge in [0.2, 0.25) is 0 Å². The average molecular weight is 293 g/mol. The second-order valence-electron chi connectivity index (χ2n) is 4.60. The number of nitrogens with two attached hydrogens (primary N) is 3. The number of urea groups is 1. The van der Waals surface area contributed by atoms with Gasteiger partial charge in [0.15, 0.2) is 0 Å². The lowest BCUT2D eigenvalue weighted by Crippen LogP contribution is -2.44. The number of amides is 2. The lowest BCUT2D eigenvalue weighted by molar-refractivity contribution is 0.202. The van der Waals surface area contributed by atoms with Gasteiger partial charge in [0.25, 0.3) is 0 Å². The van der Waals surface area contributed by atoms with Gasteiger partial charge < -0.3 is 21.7 Å². The van der Waals surface area contributed by atoms with Gasteiger partial charge in [-0.05, 0) is 24.6 Å². The molecule has 8 heteroatoms. The zero-order chi connectivity index (χ0) is 15.8. The summed E-state index contributed by atoms with van der Waals surface area (Å²) < 4.78 is 0. The van der Waals surface area contributed by atoms with Crippen molar-refractivity contribution in [3.63, 3.8) is 0 Å². The van der Waals surface area contributed by atoms with E-state index >= 15 is 0 Å². The fraction of sp³-hybridized carbons (Fsp3) is 0.385. The lowest BCUT2D eigenvalue weighted by Gasteiger charge is -2.23. The maximum absolute atomic E-state index is 12.1. The van der Waals surface area contributed by atoms with Crippen LogP contribution in [0.2, 0.25) is 0 Å². The molecule has 0 aromatic heterocycles. The minimum Gasteiger partial charge on any atom is -0.399 e. The quantitative estimate of drug-likeness (QED) is 0.191. The van der Waals surface area contributed by atoms with E-state index < -0.39 is 0 Å². The van der Waals surface area contributed by atoms with Crippen LogP contribution in [0.3, 0.4) is 0 Å². The smallest absolute Gasteiger partial charge is 0.318 e. The summed E-state index contributed by atoms with van der Waals surface area (Å²) in [6.07, 6.45) is 0. The van der Waals surface area contributed by atoms with Crippen molar-refractivity contribution in [2.75, 3.05) is 25.9 Å².